The predicted molar refractivity (Wildman–Crippen MR) is 245 cm³/mol. The third-order valence-electron chi connectivity index (χ3n) is 8.55. The van der Waals surface area contributed by atoms with Crippen molar-refractivity contribution in [3.63, 3.8) is 0 Å². The van der Waals surface area contributed by atoms with E-state index in [2.05, 4.69) is 66.8 Å². The minimum atomic E-state index is -1.19. The largest absolute Gasteiger partial charge is 0.493 e. The number of likely N-dealkylation sites (tertiary alicyclic amines) is 1. The first-order chi connectivity index (χ1) is 29.0. The second kappa shape index (κ2) is 41.6. The van der Waals surface area contributed by atoms with E-state index in [1.54, 1.807) is 6.92 Å². The van der Waals surface area contributed by atoms with E-state index in [0.717, 1.165) is 68.5 Å². The van der Waals surface area contributed by atoms with Crippen molar-refractivity contribution in [3.8, 4) is 5.75 Å². The number of amides is 1. The third kappa shape index (κ3) is 33.3. The number of unbranched alkanes of at least 4 members (excludes halogenated alkanes) is 1. The zero-order valence-corrected chi connectivity index (χ0v) is 39.2. The van der Waals surface area contributed by atoms with E-state index in [4.69, 9.17) is 19.7 Å². The molecule has 1 amide bonds. The van der Waals surface area contributed by atoms with Crippen molar-refractivity contribution in [3.05, 3.63) is 79.9 Å². The maximum Gasteiger partial charge on any atom is 0.305 e. The van der Waals surface area contributed by atoms with Crippen molar-refractivity contribution >= 4 is 30.1 Å². The van der Waals surface area contributed by atoms with Crippen LogP contribution in [-0.4, -0.2) is 85.5 Å². The molecule has 2 N–H and O–H groups in total. The summed E-state index contributed by atoms with van der Waals surface area (Å²) in [6.45, 7) is 32.0. The number of ether oxygens (including phenoxy) is 2. The molecule has 0 saturated carbocycles. The fourth-order valence-corrected chi connectivity index (χ4v) is 5.02. The number of allylic oxidation sites excluding steroid dienone is 2. The van der Waals surface area contributed by atoms with Crippen LogP contribution in [0.25, 0.3) is 5.70 Å². The van der Waals surface area contributed by atoms with Gasteiger partial charge in [0.15, 0.2) is 0 Å². The van der Waals surface area contributed by atoms with Crippen LogP contribution in [0.4, 0.5) is 0 Å². The van der Waals surface area contributed by atoms with Crippen LogP contribution in [0.2, 0.25) is 0 Å². The van der Waals surface area contributed by atoms with Gasteiger partial charge in [0.2, 0.25) is 0 Å². The molecule has 1 aliphatic rings. The van der Waals surface area contributed by atoms with Crippen molar-refractivity contribution < 1.29 is 43.7 Å². The van der Waals surface area contributed by atoms with Crippen LogP contribution in [0.1, 0.15) is 145 Å². The van der Waals surface area contributed by atoms with E-state index >= 15 is 0 Å². The Bertz CT molecular complexity index is 1430. The lowest BCUT2D eigenvalue weighted by Crippen LogP contribution is -2.43. The Balaban J connectivity index is -0.000000424. The highest BCUT2D eigenvalue weighted by molar-refractivity contribution is 6.07. The smallest absolute Gasteiger partial charge is 0.305 e. The minimum absolute atomic E-state index is 0.0962. The molecule has 1 atom stereocenters. The van der Waals surface area contributed by atoms with E-state index in [1.165, 1.54) is 18.4 Å². The van der Waals surface area contributed by atoms with Gasteiger partial charge in [0.1, 0.15) is 25.2 Å². The number of carbonyl (C=O) groups excluding carboxylic acids is 3. The van der Waals surface area contributed by atoms with Crippen LogP contribution in [0.15, 0.2) is 48.6 Å². The highest BCUT2D eigenvalue weighted by atomic mass is 17.0. The number of hydrogen-bond acceptors (Lipinski definition) is 13. The summed E-state index contributed by atoms with van der Waals surface area (Å²) in [6.07, 6.45) is 9.51. The van der Waals surface area contributed by atoms with Gasteiger partial charge in [0.25, 0.3) is 16.1 Å². The van der Waals surface area contributed by atoms with Gasteiger partial charge in [0.05, 0.1) is 13.2 Å². The second-order valence-corrected chi connectivity index (χ2v) is 13.6. The number of aryl methyl sites for hydroxylation is 1. The predicted octanol–water partition coefficient (Wildman–Crippen LogP) is 9.95. The molecule has 1 unspecified atom stereocenters. The summed E-state index contributed by atoms with van der Waals surface area (Å²) in [4.78, 5) is 62.9. The molecule has 16 heteroatoms. The number of esters is 1. The van der Waals surface area contributed by atoms with E-state index in [0.29, 0.717) is 42.5 Å². The molecule has 0 bridgehead atoms. The quantitative estimate of drug-likeness (QED) is 0.0189. The van der Waals surface area contributed by atoms with Crippen LogP contribution in [-0.2, 0) is 35.2 Å². The maximum absolute atomic E-state index is 12.6. The lowest BCUT2D eigenvalue weighted by molar-refractivity contribution is -0.790. The number of carbonyl (C=O) groups is 3. The van der Waals surface area contributed by atoms with Gasteiger partial charge in [-0.2, -0.15) is 0 Å². The molecule has 0 aliphatic carbocycles. The summed E-state index contributed by atoms with van der Waals surface area (Å²) in [5.74, 6) is 0.621. The molecular weight excluding hydrogens is 787 g/mol. The molecule has 1 heterocycles. The molecule has 1 saturated heterocycles. The summed E-state index contributed by atoms with van der Waals surface area (Å²) >= 11 is 0. The zero-order valence-electron chi connectivity index (χ0n) is 39.2. The molecule has 350 valence electrons. The zero-order chi connectivity index (χ0) is 47.8. The van der Waals surface area contributed by atoms with Gasteiger partial charge in [-0.1, -0.05) is 92.9 Å². The Morgan fingerprint density at radius 2 is 1.56 bits per heavy atom. The Hall–Kier alpha value is -5.12. The van der Waals surface area contributed by atoms with Crippen LogP contribution >= 0.6 is 0 Å². The lowest BCUT2D eigenvalue weighted by atomic mass is 9.96. The molecule has 61 heavy (non-hydrogen) atoms. The van der Waals surface area contributed by atoms with Crippen molar-refractivity contribution in [2.75, 3.05) is 40.0 Å². The first-order valence-electron chi connectivity index (χ1n) is 21.4. The highest BCUT2D eigenvalue weighted by Gasteiger charge is 2.23. The molecule has 1 aromatic rings. The molecule has 2 rings (SSSR count). The first kappa shape index (κ1) is 62.5. The van der Waals surface area contributed by atoms with Crippen molar-refractivity contribution in [1.82, 2.24) is 10.2 Å². The third-order valence-corrected chi connectivity index (χ3v) is 8.55. The highest BCUT2D eigenvalue weighted by Crippen LogP contribution is 2.26. The van der Waals surface area contributed by atoms with Crippen LogP contribution < -0.4 is 10.1 Å². The van der Waals surface area contributed by atoms with Gasteiger partial charge in [-0.25, -0.2) is 0 Å². The SMILES string of the molecule is C=C(NC(=O)/C(C)=C(\C)C(=N)CCC)c1cc(CCC)ccc1OCC.C=CCC.C=O.CC.CCCC.CN1CC(CCCOC(=O)CCC(CO[N+](=O)[O-])O[N+](=O)[O-])C1. The van der Waals surface area contributed by atoms with Crippen molar-refractivity contribution in [2.45, 2.75) is 146 Å². The monoisotopic (exact) mass is 866 g/mol. The fourth-order valence-electron chi connectivity index (χ4n) is 5.02. The molecule has 16 nitrogen and oxygen atoms in total. The van der Waals surface area contributed by atoms with E-state index in [-0.39, 0.29) is 18.7 Å². The maximum atomic E-state index is 12.6. The summed E-state index contributed by atoms with van der Waals surface area (Å²) in [5.41, 5.74) is 4.29. The summed E-state index contributed by atoms with van der Waals surface area (Å²) in [5, 5.41) is 29.1. The second-order valence-electron chi connectivity index (χ2n) is 13.6. The van der Waals surface area contributed by atoms with E-state index in [9.17, 15) is 29.8 Å². The molecular formula is C45H79N5O11. The summed E-state index contributed by atoms with van der Waals surface area (Å²) in [6, 6.07) is 6.02. The number of nitrogens with one attached hydrogen (secondary N) is 2. The van der Waals surface area contributed by atoms with Gasteiger partial charge in [-0.05, 0) is 95.5 Å². The number of rotatable bonds is 24. The topological polar surface area (TPSA) is 214 Å². The molecule has 1 fully saturated rings. The van der Waals surface area contributed by atoms with Crippen LogP contribution in [0, 0.1) is 31.6 Å². The van der Waals surface area contributed by atoms with Gasteiger partial charge in [-0.3, -0.25) is 9.59 Å². The van der Waals surface area contributed by atoms with Gasteiger partial charge >= 0.3 is 5.97 Å². The standard InChI is InChI=1S/C22H32N2O2.C12H21N3O8.C4H10.C4H8.C2H6.CH2O/c1-7-10-18-12-13-21(26-9-3)19(14-18)17(6)24-22(25)16(5)15(4)20(23)11-8-2;1-13-7-10(8-13)3-2-6-21-12(16)5-4-11(23-15(19)20)9-22-14(17)18;2*1-3-4-2;2*1-2/h12-14,23H,6-11H2,1-5H3,(H,24,25);10-11H,2-9H2,1H3;3-4H2,1-2H3;3H,1,4H2,2H3;1-2H3;1H2/b16-15+,23-20?;;;;;. The number of benzene rings is 1. The molecule has 1 aromatic carbocycles. The van der Waals surface area contributed by atoms with Crippen LogP contribution in [0.5, 0.6) is 5.75 Å². The first-order valence-corrected chi connectivity index (χ1v) is 21.4. The fraction of sp³-hybridized carbons (Fsp3) is 0.644. The van der Waals surface area contributed by atoms with Crippen molar-refractivity contribution in [2.24, 2.45) is 5.92 Å². The average Bonchev–Trinajstić information content (AvgIpc) is 3.24. The van der Waals surface area contributed by atoms with E-state index in [1.807, 2.05) is 66.7 Å². The lowest BCUT2D eigenvalue weighted by Gasteiger charge is -2.36. The Morgan fingerprint density at radius 1 is 0.967 bits per heavy atom. The van der Waals surface area contributed by atoms with E-state index < -0.39 is 28.9 Å². The minimum Gasteiger partial charge on any atom is -0.493 e. The molecule has 0 spiro atoms. The normalized spacial score (nSPS) is 12.1. The Kier molecular flexibility index (Phi) is 42.7. The molecule has 0 radical (unpaired) electrons. The summed E-state index contributed by atoms with van der Waals surface area (Å²) in [7, 11) is 2.04. The Morgan fingerprint density at radius 3 is 2.02 bits per heavy atom. The number of nitrogens with zero attached hydrogens (tertiary/aromatic N) is 3. The Labute approximate surface area is 366 Å². The molecule has 0 aromatic heterocycles. The molecule has 1 aliphatic heterocycles. The van der Waals surface area contributed by atoms with Gasteiger partial charge in [-0.15, -0.1) is 26.8 Å². The van der Waals surface area contributed by atoms with Crippen molar-refractivity contribution in [1.29, 1.82) is 5.41 Å². The van der Waals surface area contributed by atoms with Gasteiger partial charge in [0, 0.05) is 42.1 Å². The van der Waals surface area contributed by atoms with Crippen LogP contribution in [0.3, 0.4) is 0 Å². The average molecular weight is 866 g/mol. The van der Waals surface area contributed by atoms with Gasteiger partial charge < -0.3 is 39.6 Å². The number of hydrogen-bond donors (Lipinski definition) is 2. The summed E-state index contributed by atoms with van der Waals surface area (Å²) < 4.78 is 10.7.